The molecule has 0 atom stereocenters. The monoisotopic (exact) mass is 288 g/mol. The van der Waals surface area contributed by atoms with Crippen LogP contribution in [-0.4, -0.2) is 19.1 Å². The molecular formula is C16H17FN2O2. The molecule has 2 aromatic rings. The number of rotatable bonds is 6. The summed E-state index contributed by atoms with van der Waals surface area (Å²) < 4.78 is 18.7. The van der Waals surface area contributed by atoms with Crippen molar-refractivity contribution in [1.82, 2.24) is 0 Å². The van der Waals surface area contributed by atoms with Gasteiger partial charge in [-0.1, -0.05) is 24.3 Å². The highest BCUT2D eigenvalue weighted by atomic mass is 19.1. The molecule has 110 valence electrons. The minimum Gasteiger partial charge on any atom is -0.484 e. The third-order valence-electron chi connectivity index (χ3n) is 2.87. The van der Waals surface area contributed by atoms with Crippen LogP contribution in [0.1, 0.15) is 5.56 Å². The molecule has 0 aliphatic carbocycles. The third kappa shape index (κ3) is 4.57. The van der Waals surface area contributed by atoms with Crippen LogP contribution in [0.25, 0.3) is 0 Å². The van der Waals surface area contributed by atoms with Crippen LogP contribution >= 0.6 is 0 Å². The van der Waals surface area contributed by atoms with Gasteiger partial charge in [0.05, 0.1) is 5.69 Å². The predicted molar refractivity (Wildman–Crippen MR) is 79.7 cm³/mol. The second kappa shape index (κ2) is 7.40. The van der Waals surface area contributed by atoms with E-state index in [2.05, 4.69) is 5.32 Å². The zero-order valence-corrected chi connectivity index (χ0v) is 11.5. The highest BCUT2D eigenvalue weighted by Gasteiger charge is 2.07. The Bertz CT molecular complexity index is 599. The van der Waals surface area contributed by atoms with E-state index in [9.17, 15) is 9.18 Å². The second-order valence-electron chi connectivity index (χ2n) is 4.50. The molecule has 21 heavy (non-hydrogen) atoms. The van der Waals surface area contributed by atoms with Crippen molar-refractivity contribution in [2.75, 3.05) is 18.5 Å². The zero-order valence-electron chi connectivity index (χ0n) is 11.5. The van der Waals surface area contributed by atoms with Gasteiger partial charge < -0.3 is 15.8 Å². The van der Waals surface area contributed by atoms with Crippen LogP contribution in [0.4, 0.5) is 10.1 Å². The summed E-state index contributed by atoms with van der Waals surface area (Å²) in [5.74, 6) is -0.303. The standard InChI is InChI=1S/C16H17FN2O2/c17-14-3-1-2-4-15(14)19-16(20)11-21-13-7-5-12(6-8-13)9-10-18/h1-8H,9-11,18H2,(H,19,20). The first-order valence-electron chi connectivity index (χ1n) is 6.65. The maximum atomic E-state index is 13.4. The molecule has 4 nitrogen and oxygen atoms in total. The number of carbonyl (C=O) groups excluding carboxylic acids is 1. The maximum Gasteiger partial charge on any atom is 0.262 e. The van der Waals surface area contributed by atoms with E-state index < -0.39 is 11.7 Å². The van der Waals surface area contributed by atoms with Gasteiger partial charge in [-0.05, 0) is 42.8 Å². The molecule has 0 heterocycles. The third-order valence-corrected chi connectivity index (χ3v) is 2.87. The van der Waals surface area contributed by atoms with Crippen molar-refractivity contribution in [3.05, 3.63) is 59.9 Å². The smallest absolute Gasteiger partial charge is 0.262 e. The number of benzene rings is 2. The van der Waals surface area contributed by atoms with Gasteiger partial charge in [0, 0.05) is 0 Å². The lowest BCUT2D eigenvalue weighted by atomic mass is 10.1. The quantitative estimate of drug-likeness (QED) is 0.857. The first-order valence-corrected chi connectivity index (χ1v) is 6.65. The minimum absolute atomic E-state index is 0.143. The number of ether oxygens (including phenoxy) is 1. The highest BCUT2D eigenvalue weighted by molar-refractivity contribution is 5.91. The Morgan fingerprint density at radius 2 is 1.86 bits per heavy atom. The molecule has 0 fully saturated rings. The molecule has 0 aliphatic heterocycles. The molecule has 0 unspecified atom stereocenters. The Balaban J connectivity index is 1.85. The molecule has 2 aromatic carbocycles. The SMILES string of the molecule is NCCc1ccc(OCC(=O)Nc2ccccc2F)cc1. The number of hydrogen-bond acceptors (Lipinski definition) is 3. The largest absolute Gasteiger partial charge is 0.484 e. The lowest BCUT2D eigenvalue weighted by Crippen LogP contribution is -2.20. The molecule has 2 rings (SSSR count). The van der Waals surface area contributed by atoms with E-state index in [1.54, 1.807) is 24.3 Å². The summed E-state index contributed by atoms with van der Waals surface area (Å²) >= 11 is 0. The molecule has 0 spiro atoms. The molecule has 0 saturated heterocycles. The van der Waals surface area contributed by atoms with Gasteiger partial charge in [-0.2, -0.15) is 0 Å². The van der Waals surface area contributed by atoms with Gasteiger partial charge in [0.2, 0.25) is 0 Å². The summed E-state index contributed by atoms with van der Waals surface area (Å²) in [6.07, 6.45) is 0.800. The number of nitrogens with two attached hydrogens (primary N) is 1. The van der Waals surface area contributed by atoms with E-state index in [1.807, 2.05) is 12.1 Å². The summed E-state index contributed by atoms with van der Waals surface area (Å²) in [4.78, 5) is 11.7. The van der Waals surface area contributed by atoms with Crippen molar-refractivity contribution in [2.45, 2.75) is 6.42 Å². The molecular weight excluding hydrogens is 271 g/mol. The summed E-state index contributed by atoms with van der Waals surface area (Å²) in [6, 6.07) is 13.3. The number of nitrogens with one attached hydrogen (secondary N) is 1. The van der Waals surface area contributed by atoms with Crippen LogP contribution in [0.2, 0.25) is 0 Å². The van der Waals surface area contributed by atoms with Gasteiger partial charge in [-0.3, -0.25) is 4.79 Å². The van der Waals surface area contributed by atoms with Crippen LogP contribution in [0.5, 0.6) is 5.75 Å². The molecule has 1 amide bonds. The van der Waals surface area contributed by atoms with Gasteiger partial charge >= 0.3 is 0 Å². The van der Waals surface area contributed by atoms with E-state index in [0.717, 1.165) is 12.0 Å². The summed E-state index contributed by atoms with van der Waals surface area (Å²) in [5.41, 5.74) is 6.72. The van der Waals surface area contributed by atoms with Crippen molar-refractivity contribution in [3.63, 3.8) is 0 Å². The van der Waals surface area contributed by atoms with E-state index in [4.69, 9.17) is 10.5 Å². The summed E-state index contributed by atoms with van der Waals surface area (Å²) in [5, 5.41) is 2.46. The van der Waals surface area contributed by atoms with Gasteiger partial charge in [-0.15, -0.1) is 0 Å². The predicted octanol–water partition coefficient (Wildman–Crippen LogP) is 2.34. The minimum atomic E-state index is -0.475. The van der Waals surface area contributed by atoms with E-state index in [0.29, 0.717) is 12.3 Å². The van der Waals surface area contributed by atoms with Crippen molar-refractivity contribution in [3.8, 4) is 5.75 Å². The average molecular weight is 288 g/mol. The Labute approximate surface area is 122 Å². The lowest BCUT2D eigenvalue weighted by molar-refractivity contribution is -0.118. The van der Waals surface area contributed by atoms with E-state index in [1.165, 1.54) is 12.1 Å². The fourth-order valence-corrected chi connectivity index (χ4v) is 1.82. The molecule has 0 aromatic heterocycles. The summed E-state index contributed by atoms with van der Waals surface area (Å²) in [6.45, 7) is 0.413. The number of hydrogen-bond donors (Lipinski definition) is 2. The Morgan fingerprint density at radius 3 is 2.52 bits per heavy atom. The Morgan fingerprint density at radius 1 is 1.14 bits per heavy atom. The number of carbonyl (C=O) groups is 1. The number of halogens is 1. The van der Waals surface area contributed by atoms with Crippen LogP contribution in [-0.2, 0) is 11.2 Å². The zero-order chi connectivity index (χ0) is 15.1. The van der Waals surface area contributed by atoms with Gasteiger partial charge in [0.25, 0.3) is 5.91 Å². The number of amides is 1. The molecule has 0 radical (unpaired) electrons. The number of anilines is 1. The molecule has 0 saturated carbocycles. The first kappa shape index (κ1) is 15.0. The van der Waals surface area contributed by atoms with Crippen molar-refractivity contribution < 1.29 is 13.9 Å². The fourth-order valence-electron chi connectivity index (χ4n) is 1.82. The molecule has 0 aliphatic rings. The van der Waals surface area contributed by atoms with Gasteiger partial charge in [0.15, 0.2) is 6.61 Å². The van der Waals surface area contributed by atoms with Crippen molar-refractivity contribution in [1.29, 1.82) is 0 Å². The second-order valence-corrected chi connectivity index (χ2v) is 4.50. The molecule has 3 N–H and O–H groups in total. The molecule has 5 heteroatoms. The van der Waals surface area contributed by atoms with Gasteiger partial charge in [-0.25, -0.2) is 4.39 Å². The lowest BCUT2D eigenvalue weighted by Gasteiger charge is -2.08. The normalized spacial score (nSPS) is 10.2. The van der Waals surface area contributed by atoms with Crippen LogP contribution in [0.15, 0.2) is 48.5 Å². The Hall–Kier alpha value is -2.40. The van der Waals surface area contributed by atoms with Crippen LogP contribution < -0.4 is 15.8 Å². The van der Waals surface area contributed by atoms with Crippen molar-refractivity contribution in [2.24, 2.45) is 5.73 Å². The van der Waals surface area contributed by atoms with Crippen LogP contribution in [0, 0.1) is 5.82 Å². The van der Waals surface area contributed by atoms with E-state index in [-0.39, 0.29) is 12.3 Å². The van der Waals surface area contributed by atoms with Crippen LogP contribution in [0.3, 0.4) is 0 Å². The average Bonchev–Trinajstić information content (AvgIpc) is 2.49. The summed E-state index contributed by atoms with van der Waals surface area (Å²) in [7, 11) is 0. The first-order chi connectivity index (χ1) is 10.2. The maximum absolute atomic E-state index is 13.4. The van der Waals surface area contributed by atoms with Gasteiger partial charge in [0.1, 0.15) is 11.6 Å². The van der Waals surface area contributed by atoms with Crippen molar-refractivity contribution >= 4 is 11.6 Å². The van der Waals surface area contributed by atoms with E-state index >= 15 is 0 Å². The molecule has 0 bridgehead atoms. The topological polar surface area (TPSA) is 64.3 Å². The number of para-hydroxylation sites is 1. The fraction of sp³-hybridized carbons (Fsp3) is 0.188. The Kier molecular flexibility index (Phi) is 5.29. The highest BCUT2D eigenvalue weighted by Crippen LogP contribution is 2.14.